The lowest BCUT2D eigenvalue weighted by molar-refractivity contribution is 0.0694. The molecule has 0 aliphatic carbocycles. The van der Waals surface area contributed by atoms with E-state index in [9.17, 15) is 28.6 Å². The van der Waals surface area contributed by atoms with Crippen molar-refractivity contribution in [3.8, 4) is 0 Å². The van der Waals surface area contributed by atoms with Crippen molar-refractivity contribution in [2.75, 3.05) is 31.1 Å². The van der Waals surface area contributed by atoms with Gasteiger partial charge in [-0.2, -0.15) is 0 Å². The first-order chi connectivity index (χ1) is 18.7. The largest absolute Gasteiger partial charge is 0.477 e. The number of halogens is 3. The van der Waals surface area contributed by atoms with Crippen molar-refractivity contribution < 1.29 is 23.8 Å². The van der Waals surface area contributed by atoms with Crippen LogP contribution in [-0.4, -0.2) is 57.9 Å². The number of aromatic carboxylic acids is 1. The monoisotopic (exact) mass is 597 g/mol. The van der Waals surface area contributed by atoms with Gasteiger partial charge in [-0.05, 0) is 53.6 Å². The maximum atomic E-state index is 13.7. The first kappa shape index (κ1) is 27.0. The summed E-state index contributed by atoms with van der Waals surface area (Å²) in [5.74, 6) is -2.10. The van der Waals surface area contributed by atoms with Crippen molar-refractivity contribution in [3.63, 3.8) is 0 Å². The standard InChI is InChI=1S/C29H26BrF2N3O4/c1-33-24-11-6-19(30)14-23(24)27(25(28(33)37)29(38)39)35-13-12-34(15-22(35)16-36)26(17-2-7-20(31)8-3-17)18-4-9-21(32)10-5-18/h2-11,14,22,26,36H,12-13,15-16H2,1H3,(H,38,39). The van der Waals surface area contributed by atoms with Crippen molar-refractivity contribution in [3.05, 3.63) is 110 Å². The fourth-order valence-corrected chi connectivity index (χ4v) is 5.82. The second-order valence-electron chi connectivity index (χ2n) is 9.58. The number of pyridine rings is 1. The van der Waals surface area contributed by atoms with Gasteiger partial charge < -0.3 is 19.7 Å². The Morgan fingerprint density at radius 3 is 2.13 bits per heavy atom. The second-order valence-corrected chi connectivity index (χ2v) is 10.5. The molecule has 1 atom stereocenters. The molecule has 1 saturated heterocycles. The van der Waals surface area contributed by atoms with E-state index in [4.69, 9.17) is 0 Å². The van der Waals surface area contributed by atoms with E-state index in [2.05, 4.69) is 20.8 Å². The highest BCUT2D eigenvalue weighted by Gasteiger charge is 2.36. The van der Waals surface area contributed by atoms with Gasteiger partial charge >= 0.3 is 5.97 Å². The topological polar surface area (TPSA) is 86.0 Å². The number of rotatable bonds is 6. The molecule has 1 unspecified atom stereocenters. The molecule has 5 rings (SSSR count). The number of carboxylic acid groups (broad SMARTS) is 1. The smallest absolute Gasteiger partial charge is 0.343 e. The predicted octanol–water partition coefficient (Wildman–Crippen LogP) is 4.55. The van der Waals surface area contributed by atoms with Crippen LogP contribution in [0.25, 0.3) is 10.9 Å². The molecule has 3 aromatic carbocycles. The normalized spacial score (nSPS) is 16.3. The molecule has 0 amide bonds. The zero-order valence-corrected chi connectivity index (χ0v) is 22.6. The fourth-order valence-electron chi connectivity index (χ4n) is 5.46. The molecule has 0 spiro atoms. The molecule has 39 heavy (non-hydrogen) atoms. The number of aliphatic hydroxyl groups excluding tert-OH is 1. The van der Waals surface area contributed by atoms with Gasteiger partial charge in [0.05, 0.1) is 29.9 Å². The summed E-state index contributed by atoms with van der Waals surface area (Å²) in [5.41, 5.74) is 1.42. The van der Waals surface area contributed by atoms with Crippen LogP contribution in [0.5, 0.6) is 0 Å². The lowest BCUT2D eigenvalue weighted by Gasteiger charge is -2.45. The minimum atomic E-state index is -1.35. The number of carbonyl (C=O) groups is 1. The van der Waals surface area contributed by atoms with Gasteiger partial charge in [-0.25, -0.2) is 13.6 Å². The van der Waals surface area contributed by atoms with Crippen LogP contribution in [0.1, 0.15) is 27.5 Å². The molecule has 0 saturated carbocycles. The van der Waals surface area contributed by atoms with Crippen molar-refractivity contribution in [2.24, 2.45) is 7.05 Å². The fraction of sp³-hybridized carbons (Fsp3) is 0.241. The van der Waals surface area contributed by atoms with Gasteiger partial charge in [0.2, 0.25) is 0 Å². The minimum absolute atomic E-state index is 0.265. The van der Waals surface area contributed by atoms with Gasteiger partial charge in [-0.15, -0.1) is 0 Å². The summed E-state index contributed by atoms with van der Waals surface area (Å²) < 4.78 is 29.5. The number of hydrogen-bond donors (Lipinski definition) is 2. The molecule has 1 aromatic heterocycles. The zero-order valence-electron chi connectivity index (χ0n) is 21.0. The lowest BCUT2D eigenvalue weighted by Crippen LogP contribution is -2.56. The highest BCUT2D eigenvalue weighted by atomic mass is 79.9. The van der Waals surface area contributed by atoms with Gasteiger partial charge in [0, 0.05) is 36.5 Å². The molecular formula is C29H26BrF2N3O4. The van der Waals surface area contributed by atoms with Crippen LogP contribution in [0.2, 0.25) is 0 Å². The van der Waals surface area contributed by atoms with Gasteiger partial charge in [-0.3, -0.25) is 9.69 Å². The van der Waals surface area contributed by atoms with E-state index in [0.29, 0.717) is 30.5 Å². The third-order valence-electron chi connectivity index (χ3n) is 7.29. The summed E-state index contributed by atoms with van der Waals surface area (Å²) >= 11 is 3.45. The Bertz CT molecular complexity index is 1550. The van der Waals surface area contributed by atoms with Crippen LogP contribution in [0.15, 0.2) is 76.0 Å². The van der Waals surface area contributed by atoms with Gasteiger partial charge in [0.1, 0.15) is 17.2 Å². The lowest BCUT2D eigenvalue weighted by atomic mass is 9.95. The van der Waals surface area contributed by atoms with Gasteiger partial charge in [0.15, 0.2) is 0 Å². The first-order valence-corrected chi connectivity index (χ1v) is 13.2. The number of piperazine rings is 1. The second kappa shape index (κ2) is 10.9. The zero-order chi connectivity index (χ0) is 27.8. The summed E-state index contributed by atoms with van der Waals surface area (Å²) in [7, 11) is 1.53. The van der Waals surface area contributed by atoms with E-state index < -0.39 is 17.6 Å². The number of aromatic nitrogens is 1. The Labute approximate surface area is 231 Å². The Morgan fingerprint density at radius 2 is 1.59 bits per heavy atom. The van der Waals surface area contributed by atoms with E-state index in [1.54, 1.807) is 47.4 Å². The number of aliphatic hydroxyl groups is 1. The van der Waals surface area contributed by atoms with Crippen LogP contribution in [0.3, 0.4) is 0 Å². The summed E-state index contributed by atoms with van der Waals surface area (Å²) in [6, 6.07) is 16.6. The number of nitrogens with zero attached hydrogens (tertiary/aromatic N) is 3. The molecule has 1 aliphatic rings. The molecule has 10 heteroatoms. The molecule has 2 heterocycles. The van der Waals surface area contributed by atoms with E-state index in [-0.39, 0.29) is 35.5 Å². The van der Waals surface area contributed by atoms with Crippen molar-refractivity contribution in [1.82, 2.24) is 9.47 Å². The Balaban J connectivity index is 1.60. The van der Waals surface area contributed by atoms with E-state index >= 15 is 0 Å². The van der Waals surface area contributed by atoms with Gasteiger partial charge in [-0.1, -0.05) is 40.2 Å². The summed E-state index contributed by atoms with van der Waals surface area (Å²) in [6.07, 6.45) is 0. The molecule has 7 nitrogen and oxygen atoms in total. The minimum Gasteiger partial charge on any atom is -0.477 e. The molecule has 0 radical (unpaired) electrons. The Hall–Kier alpha value is -3.60. The quantitative estimate of drug-likeness (QED) is 0.339. The molecular weight excluding hydrogens is 572 g/mol. The molecule has 1 fully saturated rings. The molecule has 1 aliphatic heterocycles. The number of hydrogen-bond acceptors (Lipinski definition) is 5. The molecule has 202 valence electrons. The highest BCUT2D eigenvalue weighted by molar-refractivity contribution is 9.10. The van der Waals surface area contributed by atoms with Crippen molar-refractivity contribution in [2.45, 2.75) is 12.1 Å². The number of carboxylic acids is 1. The Morgan fingerprint density at radius 1 is 1.00 bits per heavy atom. The molecule has 0 bridgehead atoms. The highest BCUT2D eigenvalue weighted by Crippen LogP contribution is 2.36. The van der Waals surface area contributed by atoms with E-state index in [1.165, 1.54) is 35.9 Å². The third-order valence-corrected chi connectivity index (χ3v) is 7.79. The molecule has 4 aromatic rings. The van der Waals surface area contributed by atoms with Crippen LogP contribution in [-0.2, 0) is 7.05 Å². The van der Waals surface area contributed by atoms with E-state index in [0.717, 1.165) is 15.6 Å². The van der Waals surface area contributed by atoms with Gasteiger partial charge in [0.25, 0.3) is 5.56 Å². The maximum Gasteiger partial charge on any atom is 0.343 e. The molecule has 2 N–H and O–H groups in total. The summed E-state index contributed by atoms with van der Waals surface area (Å²) in [5, 5.41) is 21.2. The Kier molecular flexibility index (Phi) is 7.53. The predicted molar refractivity (Wildman–Crippen MR) is 148 cm³/mol. The number of fused-ring (bicyclic) bond motifs is 1. The van der Waals surface area contributed by atoms with Crippen LogP contribution >= 0.6 is 15.9 Å². The van der Waals surface area contributed by atoms with Crippen molar-refractivity contribution >= 4 is 38.5 Å². The van der Waals surface area contributed by atoms with Crippen LogP contribution in [0, 0.1) is 11.6 Å². The third kappa shape index (κ3) is 5.07. The van der Waals surface area contributed by atoms with Crippen LogP contribution < -0.4 is 10.5 Å². The number of benzene rings is 3. The maximum absolute atomic E-state index is 13.7. The van der Waals surface area contributed by atoms with Crippen molar-refractivity contribution in [1.29, 1.82) is 0 Å². The van der Waals surface area contributed by atoms with E-state index in [1.807, 2.05) is 0 Å². The average molecular weight is 598 g/mol. The summed E-state index contributed by atoms with van der Waals surface area (Å²) in [4.78, 5) is 29.4. The number of aryl methyl sites for hydroxylation is 1. The first-order valence-electron chi connectivity index (χ1n) is 12.4. The average Bonchev–Trinajstić information content (AvgIpc) is 2.92. The summed E-state index contributed by atoms with van der Waals surface area (Å²) in [6.45, 7) is 0.734. The SMILES string of the molecule is Cn1c(=O)c(C(=O)O)c(N2CCN(C(c3ccc(F)cc3)c3ccc(F)cc3)CC2CO)c2cc(Br)ccc21. The number of anilines is 1. The van der Waals surface area contributed by atoms with Crippen LogP contribution in [0.4, 0.5) is 14.5 Å².